The van der Waals surface area contributed by atoms with Crippen molar-refractivity contribution in [2.45, 2.75) is 29.9 Å². The Kier molecular flexibility index (Phi) is 4.13. The normalized spacial score (nSPS) is 17.9. The average molecular weight is 328 g/mol. The Labute approximate surface area is 133 Å². The van der Waals surface area contributed by atoms with Gasteiger partial charge in [0.1, 0.15) is 0 Å². The smallest absolute Gasteiger partial charge is 0.175 e. The topological polar surface area (TPSA) is 34.8 Å². The summed E-state index contributed by atoms with van der Waals surface area (Å²) in [5, 5.41) is 1.46. The third-order valence-corrected chi connectivity index (χ3v) is 6.10. The summed E-state index contributed by atoms with van der Waals surface area (Å²) in [4.78, 5) is 9.86. The van der Waals surface area contributed by atoms with E-state index in [0.717, 1.165) is 16.1 Å². The van der Waals surface area contributed by atoms with Crippen LogP contribution in [0.5, 0.6) is 0 Å². The number of fused-ring (bicyclic) bond motifs is 1. The number of likely N-dealkylation sites (tertiary alicyclic amines) is 1. The Bertz CT molecular complexity index is 684. The molecule has 1 aromatic heterocycles. The van der Waals surface area contributed by atoms with E-state index in [1.54, 1.807) is 0 Å². The van der Waals surface area contributed by atoms with Gasteiger partial charge in [0.15, 0.2) is 4.77 Å². The molecule has 3 rings (SSSR count). The van der Waals surface area contributed by atoms with Crippen molar-refractivity contribution in [3.63, 3.8) is 0 Å². The van der Waals surface area contributed by atoms with Gasteiger partial charge in [-0.05, 0) is 63.8 Å². The molecule has 0 amide bonds. The van der Waals surface area contributed by atoms with Crippen molar-refractivity contribution in [3.05, 3.63) is 21.4 Å². The molecule has 0 unspecified atom stereocenters. The minimum Gasteiger partial charge on any atom is -0.331 e. The van der Waals surface area contributed by atoms with Crippen LogP contribution >= 0.6 is 35.6 Å². The molecule has 3 nitrogen and oxygen atoms in total. The SMILES string of the molecule is Cc1cc2[nH]c(=S)[nH]c2c(Cl)c1SC1CCN(C)CC1. The molecule has 0 aliphatic carbocycles. The van der Waals surface area contributed by atoms with Gasteiger partial charge in [-0.1, -0.05) is 11.6 Å². The van der Waals surface area contributed by atoms with Crippen molar-refractivity contribution < 1.29 is 0 Å². The summed E-state index contributed by atoms with van der Waals surface area (Å²) in [6.07, 6.45) is 2.44. The Morgan fingerprint density at radius 2 is 2.05 bits per heavy atom. The summed E-state index contributed by atoms with van der Waals surface area (Å²) in [7, 11) is 2.19. The lowest BCUT2D eigenvalue weighted by Gasteiger charge is -2.29. The maximum Gasteiger partial charge on any atom is 0.175 e. The van der Waals surface area contributed by atoms with Gasteiger partial charge in [0.25, 0.3) is 0 Å². The Morgan fingerprint density at radius 1 is 1.35 bits per heavy atom. The first-order chi connectivity index (χ1) is 9.54. The molecule has 20 heavy (non-hydrogen) atoms. The van der Waals surface area contributed by atoms with E-state index in [1.165, 1.54) is 36.4 Å². The van der Waals surface area contributed by atoms with Crippen LogP contribution in [0.25, 0.3) is 11.0 Å². The molecule has 2 N–H and O–H groups in total. The van der Waals surface area contributed by atoms with Crippen molar-refractivity contribution >= 4 is 46.6 Å². The van der Waals surface area contributed by atoms with Crippen LogP contribution in [0.15, 0.2) is 11.0 Å². The largest absolute Gasteiger partial charge is 0.331 e. The Balaban J connectivity index is 1.92. The molecule has 0 atom stereocenters. The third kappa shape index (κ3) is 2.77. The molecule has 1 fully saturated rings. The van der Waals surface area contributed by atoms with E-state index >= 15 is 0 Å². The summed E-state index contributed by atoms with van der Waals surface area (Å²) >= 11 is 13.6. The van der Waals surface area contributed by atoms with Crippen molar-refractivity contribution in [2.75, 3.05) is 20.1 Å². The first-order valence-electron chi connectivity index (χ1n) is 6.81. The van der Waals surface area contributed by atoms with Gasteiger partial charge in [0.05, 0.1) is 16.1 Å². The van der Waals surface area contributed by atoms with E-state index in [0.29, 0.717) is 10.0 Å². The fourth-order valence-corrected chi connectivity index (χ4v) is 4.54. The van der Waals surface area contributed by atoms with Crippen LogP contribution in [0.4, 0.5) is 0 Å². The van der Waals surface area contributed by atoms with E-state index in [4.69, 9.17) is 23.8 Å². The van der Waals surface area contributed by atoms with Crippen LogP contribution in [-0.4, -0.2) is 40.3 Å². The molecule has 2 aromatic rings. The number of H-pyrrole nitrogens is 2. The number of halogens is 1. The van der Waals surface area contributed by atoms with Gasteiger partial charge in [0, 0.05) is 10.1 Å². The predicted octanol–water partition coefficient (Wildman–Crippen LogP) is 4.37. The van der Waals surface area contributed by atoms with Gasteiger partial charge in [-0.15, -0.1) is 11.8 Å². The van der Waals surface area contributed by atoms with Gasteiger partial charge in [-0.25, -0.2) is 0 Å². The maximum absolute atomic E-state index is 6.58. The highest BCUT2D eigenvalue weighted by molar-refractivity contribution is 8.00. The third-order valence-electron chi connectivity index (χ3n) is 3.84. The molecule has 0 bridgehead atoms. The molecule has 2 heterocycles. The summed E-state index contributed by atoms with van der Waals surface area (Å²) < 4.78 is 0.628. The van der Waals surface area contributed by atoms with Crippen LogP contribution in [0.2, 0.25) is 5.02 Å². The predicted molar refractivity (Wildman–Crippen MR) is 89.6 cm³/mol. The first kappa shape index (κ1) is 14.4. The molecule has 108 valence electrons. The molecule has 0 spiro atoms. The lowest BCUT2D eigenvalue weighted by Crippen LogP contribution is -2.31. The number of rotatable bonds is 2. The zero-order chi connectivity index (χ0) is 14.3. The van der Waals surface area contributed by atoms with Gasteiger partial charge >= 0.3 is 0 Å². The van der Waals surface area contributed by atoms with Crippen LogP contribution in [-0.2, 0) is 0 Å². The monoisotopic (exact) mass is 327 g/mol. The summed E-state index contributed by atoms with van der Waals surface area (Å²) in [5.74, 6) is 0. The van der Waals surface area contributed by atoms with Crippen LogP contribution in [0.3, 0.4) is 0 Å². The lowest BCUT2D eigenvalue weighted by atomic mass is 10.1. The quantitative estimate of drug-likeness (QED) is 0.804. The molecule has 1 aliphatic heterocycles. The second-order valence-electron chi connectivity index (χ2n) is 5.46. The number of benzene rings is 1. The van der Waals surface area contributed by atoms with Gasteiger partial charge < -0.3 is 14.9 Å². The minimum absolute atomic E-state index is 0.628. The highest BCUT2D eigenvalue weighted by Gasteiger charge is 2.21. The molecule has 1 aromatic carbocycles. The van der Waals surface area contributed by atoms with Crippen LogP contribution < -0.4 is 0 Å². The van der Waals surface area contributed by atoms with E-state index < -0.39 is 0 Å². The summed E-state index contributed by atoms with van der Waals surface area (Å²) in [6.45, 7) is 4.46. The van der Waals surface area contributed by atoms with Crippen molar-refractivity contribution in [1.82, 2.24) is 14.9 Å². The number of hydrogen-bond acceptors (Lipinski definition) is 3. The van der Waals surface area contributed by atoms with Gasteiger partial charge in [-0.3, -0.25) is 0 Å². The zero-order valence-corrected chi connectivity index (χ0v) is 14.0. The minimum atomic E-state index is 0.628. The van der Waals surface area contributed by atoms with E-state index in [9.17, 15) is 0 Å². The van der Waals surface area contributed by atoms with Crippen molar-refractivity contribution in [3.8, 4) is 0 Å². The van der Waals surface area contributed by atoms with Crippen molar-refractivity contribution in [2.24, 2.45) is 0 Å². The molecule has 0 radical (unpaired) electrons. The van der Waals surface area contributed by atoms with Crippen LogP contribution in [0, 0.1) is 11.7 Å². The van der Waals surface area contributed by atoms with E-state index in [1.807, 2.05) is 11.8 Å². The summed E-state index contributed by atoms with van der Waals surface area (Å²) in [5.41, 5.74) is 3.14. The Hall–Kier alpha value is -0.490. The number of aromatic nitrogens is 2. The first-order valence-corrected chi connectivity index (χ1v) is 8.47. The molecule has 1 aliphatic rings. The van der Waals surface area contributed by atoms with Gasteiger partial charge in [-0.2, -0.15) is 0 Å². The zero-order valence-electron chi connectivity index (χ0n) is 11.6. The number of imidazole rings is 1. The summed E-state index contributed by atoms with van der Waals surface area (Å²) in [6, 6.07) is 2.13. The standard InChI is InChI=1S/C14H18ClN3S2/c1-8-7-10-12(17-14(19)16-10)11(15)13(8)20-9-3-5-18(2)6-4-9/h7,9H,3-6H2,1-2H3,(H2,16,17,19). The number of piperidine rings is 1. The molecule has 1 saturated heterocycles. The van der Waals surface area contributed by atoms with Gasteiger partial charge in [0.2, 0.25) is 0 Å². The Morgan fingerprint density at radius 3 is 2.75 bits per heavy atom. The van der Waals surface area contributed by atoms with Crippen LogP contribution in [0.1, 0.15) is 18.4 Å². The second-order valence-corrected chi connectivity index (χ2v) is 7.56. The van der Waals surface area contributed by atoms with Crippen molar-refractivity contribution in [1.29, 1.82) is 0 Å². The number of aromatic amines is 2. The maximum atomic E-state index is 6.58. The fourth-order valence-electron chi connectivity index (χ4n) is 2.66. The highest BCUT2D eigenvalue weighted by atomic mass is 35.5. The average Bonchev–Trinajstić information content (AvgIpc) is 2.77. The molecular weight excluding hydrogens is 310 g/mol. The molecule has 6 heteroatoms. The number of nitrogens with zero attached hydrogens (tertiary/aromatic N) is 1. The number of hydrogen-bond donors (Lipinski definition) is 2. The van der Waals surface area contributed by atoms with E-state index in [-0.39, 0.29) is 0 Å². The molecule has 0 saturated carbocycles. The lowest BCUT2D eigenvalue weighted by molar-refractivity contribution is 0.282. The van der Waals surface area contributed by atoms with E-state index in [2.05, 4.69) is 34.9 Å². The second kappa shape index (κ2) is 5.72. The number of thioether (sulfide) groups is 1. The fraction of sp³-hybridized carbons (Fsp3) is 0.500. The highest BCUT2D eigenvalue weighted by Crippen LogP contribution is 2.40. The number of nitrogens with one attached hydrogen (secondary N) is 2. The number of aryl methyl sites for hydroxylation is 1. The molecular formula is C14H18ClN3S2.